The van der Waals surface area contributed by atoms with E-state index in [1.807, 2.05) is 47.5 Å². The molecule has 0 radical (unpaired) electrons. The SMILES string of the molecule is CC(C)(C)c1ccc(C(N)=O)cc1.O=C(c1ccc(Nc2nc(N3CCCCC3)nn3ccnc23)cc1)N1CCCCC1. The number of aromatic nitrogens is 4. The van der Waals surface area contributed by atoms with E-state index < -0.39 is 0 Å². The van der Waals surface area contributed by atoms with Gasteiger partial charge in [-0.25, -0.2) is 9.50 Å². The summed E-state index contributed by atoms with van der Waals surface area (Å²) in [6, 6.07) is 15.0. The largest absolute Gasteiger partial charge is 0.366 e. The highest BCUT2D eigenvalue weighted by molar-refractivity contribution is 5.94. The van der Waals surface area contributed by atoms with Crippen LogP contribution in [-0.2, 0) is 5.41 Å². The zero-order valence-corrected chi connectivity index (χ0v) is 25.4. The molecule has 0 spiro atoms. The molecule has 10 nitrogen and oxygen atoms in total. The van der Waals surface area contributed by atoms with Crippen molar-refractivity contribution in [1.29, 1.82) is 0 Å². The summed E-state index contributed by atoms with van der Waals surface area (Å²) in [5.41, 5.74) is 9.31. The molecule has 2 aromatic heterocycles. The summed E-state index contributed by atoms with van der Waals surface area (Å²) < 4.78 is 1.77. The molecule has 4 heterocycles. The molecular weight excluding hydrogens is 540 g/mol. The summed E-state index contributed by atoms with van der Waals surface area (Å²) in [6.07, 6.45) is 10.6. The van der Waals surface area contributed by atoms with Gasteiger partial charge in [-0.2, -0.15) is 4.98 Å². The Labute approximate surface area is 253 Å². The average molecular weight is 583 g/mol. The number of amides is 2. The molecule has 2 amide bonds. The third kappa shape index (κ3) is 7.49. The standard InChI is InChI=1S/C22H27N7O.C11H15NO/c30-21(27-12-3-1-4-13-27)17-7-9-18(10-8-17)24-19-20-23-11-16-29(20)26-22(25-19)28-14-5-2-6-15-28;1-11(2,3)9-6-4-8(5-7-9)10(12)13/h7-11,16H,1-6,12-15H2,(H,24,25,26);4-7H,1-3H3,(H2,12,13). The van der Waals surface area contributed by atoms with Gasteiger partial charge in [-0.3, -0.25) is 9.59 Å². The third-order valence-electron chi connectivity index (χ3n) is 7.95. The van der Waals surface area contributed by atoms with Gasteiger partial charge in [-0.05, 0) is 85.9 Å². The lowest BCUT2D eigenvalue weighted by atomic mass is 9.87. The van der Waals surface area contributed by atoms with E-state index in [2.05, 4.69) is 41.1 Å². The normalized spacial score (nSPS) is 15.5. The summed E-state index contributed by atoms with van der Waals surface area (Å²) >= 11 is 0. The predicted octanol–water partition coefficient (Wildman–Crippen LogP) is 5.57. The highest BCUT2D eigenvalue weighted by Gasteiger charge is 2.19. The van der Waals surface area contributed by atoms with Crippen LogP contribution in [0.4, 0.5) is 17.5 Å². The second-order valence-corrected chi connectivity index (χ2v) is 12.3. The van der Waals surface area contributed by atoms with E-state index in [9.17, 15) is 9.59 Å². The molecule has 0 unspecified atom stereocenters. The van der Waals surface area contributed by atoms with Crippen LogP contribution < -0.4 is 16.0 Å². The summed E-state index contributed by atoms with van der Waals surface area (Å²) in [4.78, 5) is 36.8. The van der Waals surface area contributed by atoms with Gasteiger partial charge >= 0.3 is 0 Å². The number of nitrogens with two attached hydrogens (primary N) is 1. The van der Waals surface area contributed by atoms with Crippen LogP contribution in [0.15, 0.2) is 60.9 Å². The van der Waals surface area contributed by atoms with Crippen molar-refractivity contribution in [3.05, 3.63) is 77.6 Å². The second-order valence-electron chi connectivity index (χ2n) is 12.3. The number of piperidine rings is 2. The fraction of sp³-hybridized carbons (Fsp3) is 0.424. The number of carbonyl (C=O) groups excluding carboxylic acids is 2. The first kappa shape index (κ1) is 30.0. The smallest absolute Gasteiger partial charge is 0.253 e. The van der Waals surface area contributed by atoms with Gasteiger partial charge in [0.1, 0.15) is 0 Å². The van der Waals surface area contributed by atoms with Crippen molar-refractivity contribution < 1.29 is 9.59 Å². The Morgan fingerprint density at radius 1 is 0.814 bits per heavy atom. The number of nitrogens with one attached hydrogen (secondary N) is 1. The van der Waals surface area contributed by atoms with E-state index in [0.717, 1.165) is 56.2 Å². The molecule has 2 aliphatic rings. The topological polar surface area (TPSA) is 122 Å². The first-order valence-electron chi connectivity index (χ1n) is 15.2. The number of hydrogen-bond acceptors (Lipinski definition) is 7. The quantitative estimate of drug-likeness (QED) is 0.316. The first-order chi connectivity index (χ1) is 20.7. The van der Waals surface area contributed by atoms with Crippen LogP contribution in [0.2, 0.25) is 0 Å². The van der Waals surface area contributed by atoms with Gasteiger partial charge in [-0.1, -0.05) is 32.9 Å². The van der Waals surface area contributed by atoms with Crippen LogP contribution in [-0.4, -0.2) is 62.5 Å². The molecule has 3 N–H and O–H groups in total. The number of fused-ring (bicyclic) bond motifs is 1. The lowest BCUT2D eigenvalue weighted by Crippen LogP contribution is -2.35. The van der Waals surface area contributed by atoms with Gasteiger partial charge in [0, 0.05) is 55.4 Å². The number of rotatable bonds is 5. The van der Waals surface area contributed by atoms with Crippen molar-refractivity contribution in [3.63, 3.8) is 0 Å². The number of nitrogens with zero attached hydrogens (tertiary/aromatic N) is 6. The molecule has 10 heteroatoms. The molecule has 2 fully saturated rings. The number of hydrogen-bond donors (Lipinski definition) is 2. The molecular formula is C33H42N8O2. The van der Waals surface area contributed by atoms with Crippen molar-refractivity contribution in [2.24, 2.45) is 5.73 Å². The molecule has 4 aromatic rings. The number of benzene rings is 2. The Balaban J connectivity index is 0.000000239. The van der Waals surface area contributed by atoms with Gasteiger partial charge < -0.3 is 20.9 Å². The van der Waals surface area contributed by atoms with Crippen LogP contribution >= 0.6 is 0 Å². The zero-order chi connectivity index (χ0) is 30.4. The van der Waals surface area contributed by atoms with Gasteiger partial charge in [0.25, 0.3) is 5.91 Å². The van der Waals surface area contributed by atoms with Crippen molar-refractivity contribution in [2.45, 2.75) is 64.7 Å². The molecule has 2 aromatic carbocycles. The molecule has 0 saturated carbocycles. The molecule has 6 rings (SSSR count). The number of primary amides is 1. The molecule has 0 atom stereocenters. The fourth-order valence-corrected chi connectivity index (χ4v) is 5.37. The minimum absolute atomic E-state index is 0.117. The van der Waals surface area contributed by atoms with Crippen molar-refractivity contribution in [1.82, 2.24) is 24.5 Å². The Morgan fingerprint density at radius 3 is 2.02 bits per heavy atom. The minimum atomic E-state index is -0.375. The van der Waals surface area contributed by atoms with E-state index in [1.165, 1.54) is 31.2 Å². The molecule has 43 heavy (non-hydrogen) atoms. The monoisotopic (exact) mass is 582 g/mol. The van der Waals surface area contributed by atoms with Gasteiger partial charge in [0.2, 0.25) is 11.9 Å². The van der Waals surface area contributed by atoms with E-state index >= 15 is 0 Å². The Hall–Kier alpha value is -4.47. The highest BCUT2D eigenvalue weighted by atomic mass is 16.2. The zero-order valence-electron chi connectivity index (χ0n) is 25.4. The fourth-order valence-electron chi connectivity index (χ4n) is 5.37. The Morgan fingerprint density at radius 2 is 1.42 bits per heavy atom. The third-order valence-corrected chi connectivity index (χ3v) is 7.95. The molecule has 0 aliphatic carbocycles. The lowest BCUT2D eigenvalue weighted by molar-refractivity contribution is 0.0724. The van der Waals surface area contributed by atoms with E-state index in [4.69, 9.17) is 10.7 Å². The lowest BCUT2D eigenvalue weighted by Gasteiger charge is -2.27. The maximum atomic E-state index is 12.7. The minimum Gasteiger partial charge on any atom is -0.366 e. The number of carbonyl (C=O) groups is 2. The van der Waals surface area contributed by atoms with Gasteiger partial charge in [-0.15, -0.1) is 5.10 Å². The van der Waals surface area contributed by atoms with Crippen molar-refractivity contribution in [3.8, 4) is 0 Å². The second kappa shape index (κ2) is 13.2. The maximum Gasteiger partial charge on any atom is 0.253 e. The Kier molecular flexibility index (Phi) is 9.23. The number of likely N-dealkylation sites (tertiary alicyclic amines) is 1. The summed E-state index contributed by atoms with van der Waals surface area (Å²) in [5.74, 6) is 1.14. The van der Waals surface area contributed by atoms with Crippen LogP contribution in [0.25, 0.3) is 5.65 Å². The van der Waals surface area contributed by atoms with E-state index in [1.54, 1.807) is 22.8 Å². The van der Waals surface area contributed by atoms with E-state index in [-0.39, 0.29) is 17.2 Å². The maximum absolute atomic E-state index is 12.7. The van der Waals surface area contributed by atoms with Crippen LogP contribution in [0.3, 0.4) is 0 Å². The van der Waals surface area contributed by atoms with Gasteiger partial charge in [0.15, 0.2) is 11.5 Å². The molecule has 0 bridgehead atoms. The van der Waals surface area contributed by atoms with E-state index in [0.29, 0.717) is 17.0 Å². The molecule has 2 saturated heterocycles. The average Bonchev–Trinajstić information content (AvgIpc) is 3.51. The van der Waals surface area contributed by atoms with Crippen molar-refractivity contribution in [2.75, 3.05) is 36.4 Å². The Bertz CT molecular complexity index is 1530. The molecule has 226 valence electrons. The summed E-state index contributed by atoms with van der Waals surface area (Å²) in [7, 11) is 0. The van der Waals surface area contributed by atoms with Crippen LogP contribution in [0, 0.1) is 0 Å². The van der Waals surface area contributed by atoms with Crippen LogP contribution in [0.5, 0.6) is 0 Å². The number of anilines is 3. The number of imidazole rings is 1. The predicted molar refractivity (Wildman–Crippen MR) is 170 cm³/mol. The van der Waals surface area contributed by atoms with Crippen LogP contribution in [0.1, 0.15) is 85.6 Å². The first-order valence-corrected chi connectivity index (χ1v) is 15.2. The summed E-state index contributed by atoms with van der Waals surface area (Å²) in [6.45, 7) is 10.1. The summed E-state index contributed by atoms with van der Waals surface area (Å²) in [5, 5.41) is 8.00. The highest BCUT2D eigenvalue weighted by Crippen LogP contribution is 2.24. The van der Waals surface area contributed by atoms with Crippen molar-refractivity contribution >= 4 is 34.9 Å². The van der Waals surface area contributed by atoms with Gasteiger partial charge in [0.05, 0.1) is 0 Å². The molecule has 2 aliphatic heterocycles.